The van der Waals surface area contributed by atoms with Crippen LogP contribution in [0.25, 0.3) is 11.3 Å². The molecule has 3 aromatic rings. The van der Waals surface area contributed by atoms with Crippen LogP contribution in [0.3, 0.4) is 0 Å². The van der Waals surface area contributed by atoms with Gasteiger partial charge in [-0.1, -0.05) is 12.5 Å². The molecule has 2 aliphatic carbocycles. The minimum Gasteiger partial charge on any atom is -0.457 e. The van der Waals surface area contributed by atoms with Crippen molar-refractivity contribution in [2.75, 3.05) is 0 Å². The number of fused-ring (bicyclic) bond motifs is 4. The van der Waals surface area contributed by atoms with Gasteiger partial charge >= 0.3 is 6.18 Å². The van der Waals surface area contributed by atoms with Crippen LogP contribution in [0.1, 0.15) is 52.4 Å². The zero-order valence-electron chi connectivity index (χ0n) is 14.8. The van der Waals surface area contributed by atoms with Crippen LogP contribution in [-0.2, 0) is 24.6 Å². The van der Waals surface area contributed by atoms with Gasteiger partial charge in [0.15, 0.2) is 12.0 Å². The second kappa shape index (κ2) is 5.80. The first kappa shape index (κ1) is 17.2. The Morgan fingerprint density at radius 1 is 1.29 bits per heavy atom. The fraction of sp³-hybridized carbons (Fsp3) is 0.350. The largest absolute Gasteiger partial charge is 0.457 e. The average Bonchev–Trinajstić information content (AvgIpc) is 3.20. The molecule has 28 heavy (non-hydrogen) atoms. The predicted molar refractivity (Wildman–Crippen MR) is 92.9 cm³/mol. The first-order valence-electron chi connectivity index (χ1n) is 9.07. The van der Waals surface area contributed by atoms with Gasteiger partial charge < -0.3 is 4.42 Å². The van der Waals surface area contributed by atoms with Crippen molar-refractivity contribution in [2.45, 2.75) is 43.8 Å². The molecule has 0 unspecified atom stereocenters. The topological polar surface area (TPSA) is 60.9 Å². The lowest BCUT2D eigenvalue weighted by molar-refractivity contribution is -0.137. The molecule has 8 heteroatoms. The number of nitrogens with zero attached hydrogens (tertiary/aromatic N) is 3. The van der Waals surface area contributed by atoms with Crippen LogP contribution < -0.4 is 0 Å². The van der Waals surface area contributed by atoms with Crippen LogP contribution in [0.2, 0.25) is 0 Å². The number of carbonyl (C=O) groups excluding carboxylic acids is 1. The zero-order valence-corrected chi connectivity index (χ0v) is 14.8. The Labute approximate surface area is 158 Å². The second-order valence-electron chi connectivity index (χ2n) is 7.48. The van der Waals surface area contributed by atoms with Crippen LogP contribution in [0.4, 0.5) is 13.2 Å². The molecule has 3 aromatic heterocycles. The molecule has 144 valence electrons. The van der Waals surface area contributed by atoms with E-state index in [-0.39, 0.29) is 28.7 Å². The average molecular weight is 387 g/mol. The van der Waals surface area contributed by atoms with E-state index in [2.05, 4.69) is 10.1 Å². The molecule has 1 fully saturated rings. The highest BCUT2D eigenvalue weighted by atomic mass is 19.4. The molecule has 0 aliphatic heterocycles. The Morgan fingerprint density at radius 3 is 2.71 bits per heavy atom. The van der Waals surface area contributed by atoms with Gasteiger partial charge in [-0.3, -0.25) is 14.5 Å². The lowest BCUT2D eigenvalue weighted by Crippen LogP contribution is -2.38. The summed E-state index contributed by atoms with van der Waals surface area (Å²) in [6.07, 6.45) is 2.05. The third-order valence-electron chi connectivity index (χ3n) is 5.83. The fourth-order valence-corrected chi connectivity index (χ4v) is 4.42. The van der Waals surface area contributed by atoms with Crippen molar-refractivity contribution >= 4 is 6.29 Å². The van der Waals surface area contributed by atoms with E-state index in [1.807, 2.05) is 18.3 Å². The molecule has 0 amide bonds. The highest BCUT2D eigenvalue weighted by Crippen LogP contribution is 2.56. The van der Waals surface area contributed by atoms with E-state index >= 15 is 0 Å². The monoisotopic (exact) mass is 387 g/mol. The van der Waals surface area contributed by atoms with Crippen molar-refractivity contribution in [3.63, 3.8) is 0 Å². The van der Waals surface area contributed by atoms with E-state index in [4.69, 9.17) is 4.42 Å². The predicted octanol–water partition coefficient (Wildman–Crippen LogP) is 4.40. The quantitative estimate of drug-likeness (QED) is 0.625. The number of aromatic nitrogens is 3. The van der Waals surface area contributed by atoms with Gasteiger partial charge in [-0.2, -0.15) is 18.3 Å². The third kappa shape index (κ3) is 2.43. The van der Waals surface area contributed by atoms with Crippen LogP contribution in [-0.4, -0.2) is 21.1 Å². The lowest BCUT2D eigenvalue weighted by Gasteiger charge is -2.43. The van der Waals surface area contributed by atoms with Crippen molar-refractivity contribution < 1.29 is 22.4 Å². The molecular weight excluding hydrogens is 371 g/mol. The van der Waals surface area contributed by atoms with Crippen LogP contribution in [0, 0.1) is 0 Å². The first-order chi connectivity index (χ1) is 13.4. The van der Waals surface area contributed by atoms with Crippen molar-refractivity contribution in [3.8, 4) is 11.3 Å². The van der Waals surface area contributed by atoms with Crippen molar-refractivity contribution in [1.82, 2.24) is 14.8 Å². The summed E-state index contributed by atoms with van der Waals surface area (Å²) in [7, 11) is 0. The van der Waals surface area contributed by atoms with Crippen molar-refractivity contribution in [2.24, 2.45) is 0 Å². The van der Waals surface area contributed by atoms with E-state index in [0.717, 1.165) is 30.5 Å². The van der Waals surface area contributed by atoms with Gasteiger partial charge in [0.2, 0.25) is 0 Å². The molecule has 0 bridgehead atoms. The Morgan fingerprint density at radius 2 is 2.11 bits per heavy atom. The number of aldehydes is 1. The van der Waals surface area contributed by atoms with E-state index < -0.39 is 17.5 Å². The molecule has 0 aromatic carbocycles. The van der Waals surface area contributed by atoms with Crippen molar-refractivity contribution in [1.29, 1.82) is 0 Å². The Bertz CT molecular complexity index is 1060. The number of carbonyl (C=O) groups is 1. The molecular formula is C20H16F3N3O2. The maximum Gasteiger partial charge on any atom is 0.420 e. The number of pyridine rings is 1. The summed E-state index contributed by atoms with van der Waals surface area (Å²) in [5, 5.41) is 4.49. The summed E-state index contributed by atoms with van der Waals surface area (Å²) in [5.41, 5.74) is 0.498. The molecule has 0 N–H and O–H groups in total. The number of halogens is 3. The molecule has 5 nitrogen and oxygen atoms in total. The van der Waals surface area contributed by atoms with E-state index in [0.29, 0.717) is 13.0 Å². The maximum absolute atomic E-state index is 13.7. The number of hydrogen-bond acceptors (Lipinski definition) is 4. The van der Waals surface area contributed by atoms with Crippen LogP contribution in [0.15, 0.2) is 35.0 Å². The maximum atomic E-state index is 13.7. The summed E-state index contributed by atoms with van der Waals surface area (Å²) in [4.78, 5) is 15.5. The van der Waals surface area contributed by atoms with E-state index in [1.54, 1.807) is 16.9 Å². The Balaban J connectivity index is 1.69. The summed E-state index contributed by atoms with van der Waals surface area (Å²) >= 11 is 0. The molecule has 3 heterocycles. The van der Waals surface area contributed by atoms with Crippen LogP contribution >= 0.6 is 0 Å². The van der Waals surface area contributed by atoms with Gasteiger partial charge in [-0.05, 0) is 25.0 Å². The lowest BCUT2D eigenvalue weighted by atomic mass is 9.59. The molecule has 1 spiro atoms. The molecule has 2 aliphatic rings. The van der Waals surface area contributed by atoms with Gasteiger partial charge in [0.05, 0.1) is 17.8 Å². The Hall–Kier alpha value is -2.90. The smallest absolute Gasteiger partial charge is 0.420 e. The summed E-state index contributed by atoms with van der Waals surface area (Å²) in [6, 6.07) is 5.50. The summed E-state index contributed by atoms with van der Waals surface area (Å²) in [5.74, 6) is -0.455. The summed E-state index contributed by atoms with van der Waals surface area (Å²) < 4.78 is 48.2. The minimum atomic E-state index is -4.69. The third-order valence-corrected chi connectivity index (χ3v) is 5.83. The molecule has 5 rings (SSSR count). The number of furan rings is 1. The van der Waals surface area contributed by atoms with Crippen molar-refractivity contribution in [3.05, 3.63) is 58.9 Å². The van der Waals surface area contributed by atoms with Crippen LogP contribution in [0.5, 0.6) is 0 Å². The van der Waals surface area contributed by atoms with Gasteiger partial charge in [0.25, 0.3) is 0 Å². The van der Waals surface area contributed by atoms with Gasteiger partial charge in [-0.25, -0.2) is 0 Å². The first-order valence-corrected chi connectivity index (χ1v) is 9.07. The van der Waals surface area contributed by atoms with Gasteiger partial charge in [0, 0.05) is 29.8 Å². The van der Waals surface area contributed by atoms with E-state index in [9.17, 15) is 18.0 Å². The SMILES string of the molecule is O=Cc1oc2c(c1C(F)(F)F)-c1nn(Cc3ccccn3)cc1C1(CCC1)C2. The van der Waals surface area contributed by atoms with E-state index in [1.165, 1.54) is 0 Å². The normalized spacial score (nSPS) is 17.1. The van der Waals surface area contributed by atoms with Gasteiger partial charge in [-0.15, -0.1) is 0 Å². The number of hydrogen-bond donors (Lipinski definition) is 0. The minimum absolute atomic E-state index is 0.0816. The Kier molecular flexibility index (Phi) is 3.56. The van der Waals surface area contributed by atoms with Gasteiger partial charge in [0.1, 0.15) is 17.0 Å². The standard InChI is InChI=1S/C20H16F3N3O2/c21-20(22,23)17-15(11-27)28-14-8-19(5-3-6-19)13-10-26(25-18(13)16(14)17)9-12-4-1-2-7-24-12/h1-2,4,7,10-11H,3,5-6,8-9H2. The summed E-state index contributed by atoms with van der Waals surface area (Å²) in [6.45, 7) is 0.360. The number of rotatable bonds is 3. The molecule has 0 atom stereocenters. The molecule has 1 saturated carbocycles. The number of alkyl halides is 3. The molecule has 0 saturated heterocycles. The second-order valence-corrected chi connectivity index (χ2v) is 7.48. The highest BCUT2D eigenvalue weighted by molar-refractivity contribution is 5.83. The molecule has 0 radical (unpaired) electrons. The highest BCUT2D eigenvalue weighted by Gasteiger charge is 2.51. The fourth-order valence-electron chi connectivity index (χ4n) is 4.42. The zero-order chi connectivity index (χ0) is 19.5.